The molecule has 0 heterocycles. The lowest BCUT2D eigenvalue weighted by Gasteiger charge is -2.32. The highest BCUT2D eigenvalue weighted by atomic mass is 32.2. The molecule has 0 radical (unpaired) electrons. The fraction of sp³-hybridized carbons (Fsp3) is 0.381. The van der Waals surface area contributed by atoms with Crippen LogP contribution >= 0.6 is 0 Å². The summed E-state index contributed by atoms with van der Waals surface area (Å²) in [6.07, 6.45) is -9.71. The molecule has 0 saturated heterocycles. The molecule has 13 heteroatoms. The molecule has 1 fully saturated rings. The molecule has 2 aromatic rings. The summed E-state index contributed by atoms with van der Waals surface area (Å²) in [4.78, 5) is 10.2. The Morgan fingerprint density at radius 3 is 2.06 bits per heavy atom. The van der Waals surface area contributed by atoms with Gasteiger partial charge in [-0.15, -0.1) is 0 Å². The van der Waals surface area contributed by atoms with Gasteiger partial charge in [0.25, 0.3) is 0 Å². The van der Waals surface area contributed by atoms with E-state index in [4.69, 9.17) is 4.74 Å². The van der Waals surface area contributed by atoms with E-state index < -0.39 is 56.5 Å². The number of hydrogen-bond donors (Lipinski definition) is 2. The van der Waals surface area contributed by atoms with Crippen LogP contribution in [0, 0.1) is 0 Å². The van der Waals surface area contributed by atoms with Crippen LogP contribution < -0.4 is 9.46 Å². The zero-order valence-corrected chi connectivity index (χ0v) is 18.1. The number of carbonyl (C=O) groups is 1. The van der Waals surface area contributed by atoms with Crippen LogP contribution in [0.25, 0.3) is 0 Å². The molecule has 6 nitrogen and oxygen atoms in total. The molecule has 1 aliphatic rings. The smallest absolute Gasteiger partial charge is 0.416 e. The summed E-state index contributed by atoms with van der Waals surface area (Å²) < 4.78 is 112. The highest BCUT2D eigenvalue weighted by Gasteiger charge is 2.39. The second-order valence-electron chi connectivity index (χ2n) is 7.71. The number of nitrogens with one attached hydrogen (secondary N) is 1. The molecule has 3 rings (SSSR count). The Labute approximate surface area is 190 Å². The monoisotopic (exact) mass is 511 g/mol. The van der Waals surface area contributed by atoms with Crippen molar-refractivity contribution in [3.8, 4) is 5.75 Å². The van der Waals surface area contributed by atoms with Crippen LogP contribution in [0.1, 0.15) is 47.2 Å². The van der Waals surface area contributed by atoms with Crippen molar-refractivity contribution >= 4 is 16.0 Å². The number of aromatic carboxylic acids is 1. The van der Waals surface area contributed by atoms with Gasteiger partial charge in [0.05, 0.1) is 22.1 Å². The van der Waals surface area contributed by atoms with Crippen molar-refractivity contribution in [2.24, 2.45) is 0 Å². The molecule has 1 aliphatic carbocycles. The summed E-state index contributed by atoms with van der Waals surface area (Å²) in [6.45, 7) is 0. The van der Waals surface area contributed by atoms with Crippen LogP contribution in [0.2, 0.25) is 0 Å². The molecule has 34 heavy (non-hydrogen) atoms. The molecule has 0 aliphatic heterocycles. The Balaban J connectivity index is 1.93. The van der Waals surface area contributed by atoms with Gasteiger partial charge in [0.15, 0.2) is 0 Å². The van der Waals surface area contributed by atoms with Crippen LogP contribution in [0.15, 0.2) is 47.4 Å². The van der Waals surface area contributed by atoms with Crippen LogP contribution in [0.5, 0.6) is 5.75 Å². The van der Waals surface area contributed by atoms with Gasteiger partial charge in [0.1, 0.15) is 17.4 Å². The molecular weight excluding hydrogens is 492 g/mol. The predicted octanol–water partition coefficient (Wildman–Crippen LogP) is 5.09. The molecule has 0 spiro atoms. The third-order valence-corrected chi connectivity index (χ3v) is 6.75. The van der Waals surface area contributed by atoms with Crippen molar-refractivity contribution in [1.82, 2.24) is 4.72 Å². The van der Waals surface area contributed by atoms with E-state index in [-0.39, 0.29) is 42.4 Å². The zero-order chi connectivity index (χ0) is 25.3. The fourth-order valence-corrected chi connectivity index (χ4v) is 5.00. The average molecular weight is 511 g/mol. The van der Waals surface area contributed by atoms with E-state index >= 15 is 0 Å². The molecule has 0 aromatic heterocycles. The fourth-order valence-electron chi connectivity index (χ4n) is 3.63. The third-order valence-electron chi connectivity index (χ3n) is 5.28. The van der Waals surface area contributed by atoms with E-state index in [1.54, 1.807) is 0 Å². The number of carboxylic acids is 1. The van der Waals surface area contributed by atoms with Gasteiger partial charge in [0.2, 0.25) is 10.0 Å². The summed E-state index contributed by atoms with van der Waals surface area (Å²) in [5, 5.41) is 9.30. The van der Waals surface area contributed by atoms with Crippen molar-refractivity contribution < 1.29 is 49.4 Å². The summed E-state index contributed by atoms with van der Waals surface area (Å²) in [5.74, 6) is -1.32. The van der Waals surface area contributed by atoms with E-state index in [1.165, 1.54) is 24.3 Å². The van der Waals surface area contributed by atoms with Crippen LogP contribution in [0.3, 0.4) is 0 Å². The third kappa shape index (κ3) is 6.00. The maximum Gasteiger partial charge on any atom is 0.416 e. The minimum Gasteiger partial charge on any atom is -0.488 e. The first kappa shape index (κ1) is 25.8. The number of carboxylic acid groups (broad SMARTS) is 1. The van der Waals surface area contributed by atoms with E-state index in [1.807, 2.05) is 0 Å². The lowest BCUT2D eigenvalue weighted by molar-refractivity contribution is -0.143. The van der Waals surface area contributed by atoms with E-state index in [2.05, 4.69) is 4.72 Å². The maximum absolute atomic E-state index is 13.1. The molecule has 0 amide bonds. The predicted molar refractivity (Wildman–Crippen MR) is 107 cm³/mol. The molecular formula is C21H19F6NO5S. The Hall–Kier alpha value is -2.80. The number of rotatable bonds is 6. The molecule has 2 aromatic carbocycles. The summed E-state index contributed by atoms with van der Waals surface area (Å²) >= 11 is 0. The van der Waals surface area contributed by atoms with E-state index in [0.29, 0.717) is 12.8 Å². The summed E-state index contributed by atoms with van der Waals surface area (Å²) in [6, 6.07) is 4.71. The van der Waals surface area contributed by atoms with Gasteiger partial charge in [-0.3, -0.25) is 0 Å². The van der Waals surface area contributed by atoms with Crippen molar-refractivity contribution in [3.05, 3.63) is 59.2 Å². The lowest BCUT2D eigenvalue weighted by Crippen LogP contribution is -2.47. The first-order valence-corrected chi connectivity index (χ1v) is 11.5. The minimum absolute atomic E-state index is 0.0375. The molecule has 0 bridgehead atoms. The van der Waals surface area contributed by atoms with Gasteiger partial charge < -0.3 is 9.84 Å². The van der Waals surface area contributed by atoms with Gasteiger partial charge in [-0.25, -0.2) is 17.9 Å². The van der Waals surface area contributed by atoms with Gasteiger partial charge >= 0.3 is 18.3 Å². The minimum atomic E-state index is -5.21. The molecule has 1 saturated carbocycles. The molecule has 2 unspecified atom stereocenters. The average Bonchev–Trinajstić information content (AvgIpc) is 2.73. The topological polar surface area (TPSA) is 92.7 Å². The largest absolute Gasteiger partial charge is 0.488 e. The second-order valence-corrected chi connectivity index (χ2v) is 9.43. The first-order valence-electron chi connectivity index (χ1n) is 9.99. The van der Waals surface area contributed by atoms with Crippen LogP contribution in [-0.2, 0) is 22.4 Å². The zero-order valence-electron chi connectivity index (χ0n) is 17.3. The Bertz CT molecular complexity index is 1130. The number of hydrogen-bond acceptors (Lipinski definition) is 4. The Morgan fingerprint density at radius 1 is 0.941 bits per heavy atom. The molecule has 2 atom stereocenters. The number of ether oxygens (including phenoxy) is 1. The van der Waals surface area contributed by atoms with Crippen molar-refractivity contribution in [2.75, 3.05) is 0 Å². The number of benzene rings is 2. The lowest BCUT2D eigenvalue weighted by atomic mass is 9.93. The number of halogens is 6. The van der Waals surface area contributed by atoms with E-state index in [0.717, 1.165) is 0 Å². The quantitative estimate of drug-likeness (QED) is 0.527. The van der Waals surface area contributed by atoms with E-state index in [9.17, 15) is 44.7 Å². The SMILES string of the molecule is O=C(O)c1ccccc1OC1CCCCC1NS(=O)(=O)c1cc(C(F)(F)F)cc(C(F)(F)F)c1. The molecule has 186 valence electrons. The highest BCUT2D eigenvalue weighted by molar-refractivity contribution is 7.89. The number of para-hydroxylation sites is 1. The van der Waals surface area contributed by atoms with Gasteiger partial charge in [-0.2, -0.15) is 26.3 Å². The summed E-state index contributed by atoms with van der Waals surface area (Å²) in [5.41, 5.74) is -3.69. The Kier molecular flexibility index (Phi) is 7.18. The second kappa shape index (κ2) is 9.45. The van der Waals surface area contributed by atoms with Crippen LogP contribution in [-0.4, -0.2) is 31.6 Å². The van der Waals surface area contributed by atoms with Crippen molar-refractivity contribution in [1.29, 1.82) is 0 Å². The molecule has 2 N–H and O–H groups in total. The van der Waals surface area contributed by atoms with Gasteiger partial charge in [0, 0.05) is 0 Å². The number of alkyl halides is 6. The highest BCUT2D eigenvalue weighted by Crippen LogP contribution is 2.37. The maximum atomic E-state index is 13.1. The summed E-state index contributed by atoms with van der Waals surface area (Å²) in [7, 11) is -4.82. The van der Waals surface area contributed by atoms with Gasteiger partial charge in [-0.05, 0) is 49.6 Å². The van der Waals surface area contributed by atoms with Crippen molar-refractivity contribution in [2.45, 2.75) is 55.1 Å². The standard InChI is InChI=1S/C21H19F6NO5S/c22-20(23,24)12-9-13(21(25,26)27)11-14(10-12)34(31,32)28-16-6-2-4-8-18(16)33-17-7-3-1-5-15(17)19(29)30/h1,3,5,7,9-11,16,18,28H,2,4,6,8H2,(H,29,30). The normalized spacial score (nSPS) is 19.6. The number of sulfonamides is 1. The van der Waals surface area contributed by atoms with Crippen molar-refractivity contribution in [3.63, 3.8) is 0 Å². The Morgan fingerprint density at radius 2 is 1.50 bits per heavy atom. The first-order chi connectivity index (χ1) is 15.7. The van der Waals surface area contributed by atoms with Crippen LogP contribution in [0.4, 0.5) is 26.3 Å². The van der Waals surface area contributed by atoms with Gasteiger partial charge in [-0.1, -0.05) is 18.6 Å².